The number of rotatable bonds is 5. The van der Waals surface area contributed by atoms with Crippen molar-refractivity contribution in [3.8, 4) is 0 Å². The van der Waals surface area contributed by atoms with Gasteiger partial charge in [-0.3, -0.25) is 9.59 Å². The molecule has 0 aliphatic heterocycles. The molecule has 0 saturated carbocycles. The van der Waals surface area contributed by atoms with Gasteiger partial charge in [0.25, 0.3) is 0 Å². The number of carbonyl (C=O) groups excluding carboxylic acids is 2. The van der Waals surface area contributed by atoms with Crippen LogP contribution in [0.15, 0.2) is 25.3 Å². The van der Waals surface area contributed by atoms with Gasteiger partial charge in [0.2, 0.25) is 5.91 Å². The summed E-state index contributed by atoms with van der Waals surface area (Å²) < 4.78 is 0. The van der Waals surface area contributed by atoms with Gasteiger partial charge in [0, 0.05) is 19.7 Å². The first-order valence-electron chi connectivity index (χ1n) is 4.99. The van der Waals surface area contributed by atoms with Gasteiger partial charge in [-0.2, -0.15) is 0 Å². The molecule has 0 atom stereocenters. The number of nitrogens with zero attached hydrogens (tertiary/aromatic N) is 2. The van der Waals surface area contributed by atoms with E-state index in [4.69, 9.17) is 0 Å². The van der Waals surface area contributed by atoms with Gasteiger partial charge in [0.05, 0.1) is 6.54 Å². The highest BCUT2D eigenvalue weighted by Gasteiger charge is 2.05. The van der Waals surface area contributed by atoms with E-state index in [0.29, 0.717) is 0 Å². The van der Waals surface area contributed by atoms with E-state index in [0.717, 1.165) is 6.54 Å². The molecular formula is C12H22N2O2. The Labute approximate surface area is 98.2 Å². The molecule has 0 aliphatic rings. The number of hydrogen-bond donors (Lipinski definition) is 0. The second-order valence-corrected chi connectivity index (χ2v) is 3.56. The summed E-state index contributed by atoms with van der Waals surface area (Å²) in [6.07, 6.45) is 3.27. The van der Waals surface area contributed by atoms with Crippen LogP contribution < -0.4 is 0 Å². The maximum Gasteiger partial charge on any atom is 0.246 e. The summed E-state index contributed by atoms with van der Waals surface area (Å²) in [5.41, 5.74) is 0. The lowest BCUT2D eigenvalue weighted by Crippen LogP contribution is -2.29. The molecule has 0 rings (SSSR count). The SMILES string of the molecule is C=C.CC(=O)CN(C)C(=O)/C=C/CN(C)C. The van der Waals surface area contributed by atoms with Crippen molar-refractivity contribution < 1.29 is 9.59 Å². The molecule has 0 fully saturated rings. The zero-order valence-corrected chi connectivity index (χ0v) is 10.7. The van der Waals surface area contributed by atoms with Crippen molar-refractivity contribution in [1.82, 2.24) is 9.80 Å². The summed E-state index contributed by atoms with van der Waals surface area (Å²) in [5.74, 6) is -0.149. The second kappa shape index (κ2) is 10.1. The standard InChI is InChI=1S/C10H18N2O2.C2H4/c1-9(13)8-12(4)10(14)6-5-7-11(2)3;1-2/h5-6H,7-8H2,1-4H3;1-2H2/b6-5+;. The largest absolute Gasteiger partial charge is 0.335 e. The Kier molecular flexibility index (Phi) is 10.7. The number of amides is 1. The Hall–Kier alpha value is -1.42. The first-order chi connectivity index (χ1) is 7.43. The van der Waals surface area contributed by atoms with E-state index < -0.39 is 0 Å². The van der Waals surface area contributed by atoms with E-state index >= 15 is 0 Å². The van der Waals surface area contributed by atoms with Crippen molar-refractivity contribution in [2.45, 2.75) is 6.92 Å². The summed E-state index contributed by atoms with van der Waals surface area (Å²) in [5, 5.41) is 0. The Morgan fingerprint density at radius 1 is 1.19 bits per heavy atom. The maximum atomic E-state index is 11.3. The highest BCUT2D eigenvalue weighted by Crippen LogP contribution is 1.88. The second-order valence-electron chi connectivity index (χ2n) is 3.56. The lowest BCUT2D eigenvalue weighted by Gasteiger charge is -2.12. The lowest BCUT2D eigenvalue weighted by molar-refractivity contribution is -0.129. The fourth-order valence-electron chi connectivity index (χ4n) is 0.903. The van der Waals surface area contributed by atoms with Crippen LogP contribution in [0.5, 0.6) is 0 Å². The van der Waals surface area contributed by atoms with Crippen molar-refractivity contribution in [3.63, 3.8) is 0 Å². The zero-order valence-electron chi connectivity index (χ0n) is 10.7. The predicted octanol–water partition coefficient (Wildman–Crippen LogP) is 0.954. The van der Waals surface area contributed by atoms with E-state index in [1.165, 1.54) is 17.9 Å². The highest BCUT2D eigenvalue weighted by molar-refractivity contribution is 5.90. The summed E-state index contributed by atoms with van der Waals surface area (Å²) in [7, 11) is 5.46. The van der Waals surface area contributed by atoms with E-state index in [1.807, 2.05) is 19.0 Å². The molecule has 1 amide bonds. The number of Topliss-reactive ketones (excluding diaryl/α,β-unsaturated/α-hetero) is 1. The van der Waals surface area contributed by atoms with E-state index in [-0.39, 0.29) is 18.2 Å². The molecule has 0 N–H and O–H groups in total. The summed E-state index contributed by atoms with van der Waals surface area (Å²) in [4.78, 5) is 25.4. The number of hydrogen-bond acceptors (Lipinski definition) is 3. The fourth-order valence-corrected chi connectivity index (χ4v) is 0.903. The van der Waals surface area contributed by atoms with Crippen molar-refractivity contribution in [2.75, 3.05) is 34.2 Å². The first-order valence-corrected chi connectivity index (χ1v) is 4.99. The zero-order chi connectivity index (χ0) is 13.1. The third-order valence-electron chi connectivity index (χ3n) is 1.57. The molecule has 0 spiro atoms. The first kappa shape index (κ1) is 17.0. The Balaban J connectivity index is 0. The predicted molar refractivity (Wildman–Crippen MR) is 67.3 cm³/mol. The highest BCUT2D eigenvalue weighted by atomic mass is 16.2. The molecule has 16 heavy (non-hydrogen) atoms. The minimum atomic E-state index is -0.137. The van der Waals surface area contributed by atoms with Crippen LogP contribution in [0.25, 0.3) is 0 Å². The van der Waals surface area contributed by atoms with Crippen LogP contribution in [0, 0.1) is 0 Å². The smallest absolute Gasteiger partial charge is 0.246 e. The molecule has 0 aromatic heterocycles. The fraction of sp³-hybridized carbons (Fsp3) is 0.500. The molecule has 0 heterocycles. The minimum Gasteiger partial charge on any atom is -0.335 e. The van der Waals surface area contributed by atoms with Gasteiger partial charge < -0.3 is 9.80 Å². The molecule has 0 saturated heterocycles. The van der Waals surface area contributed by atoms with E-state index in [2.05, 4.69) is 13.2 Å². The van der Waals surface area contributed by atoms with Crippen LogP contribution >= 0.6 is 0 Å². The molecule has 0 aromatic carbocycles. The molecule has 0 aromatic rings. The molecule has 0 aliphatic carbocycles. The average Bonchev–Trinajstić information content (AvgIpc) is 2.19. The van der Waals surface area contributed by atoms with Gasteiger partial charge in [0.15, 0.2) is 0 Å². The van der Waals surface area contributed by atoms with E-state index in [9.17, 15) is 9.59 Å². The average molecular weight is 226 g/mol. The summed E-state index contributed by atoms with van der Waals surface area (Å²) >= 11 is 0. The Morgan fingerprint density at radius 3 is 2.06 bits per heavy atom. The van der Waals surface area contributed by atoms with Crippen molar-refractivity contribution in [2.24, 2.45) is 0 Å². The molecule has 0 bridgehead atoms. The van der Waals surface area contributed by atoms with Crippen LogP contribution in [0.3, 0.4) is 0 Å². The van der Waals surface area contributed by atoms with Crippen molar-refractivity contribution >= 4 is 11.7 Å². The summed E-state index contributed by atoms with van der Waals surface area (Å²) in [6, 6.07) is 0. The molecule has 0 radical (unpaired) electrons. The maximum absolute atomic E-state index is 11.3. The quantitative estimate of drug-likeness (QED) is 0.518. The lowest BCUT2D eigenvalue weighted by atomic mass is 10.3. The van der Waals surface area contributed by atoms with E-state index in [1.54, 1.807) is 13.1 Å². The van der Waals surface area contributed by atoms with Gasteiger partial charge in [-0.25, -0.2) is 0 Å². The van der Waals surface area contributed by atoms with Crippen LogP contribution in [-0.4, -0.2) is 55.7 Å². The van der Waals surface area contributed by atoms with Crippen molar-refractivity contribution in [1.29, 1.82) is 0 Å². The Morgan fingerprint density at radius 2 is 1.69 bits per heavy atom. The molecular weight excluding hydrogens is 204 g/mol. The molecule has 0 unspecified atom stereocenters. The monoisotopic (exact) mass is 226 g/mol. The number of ketones is 1. The number of likely N-dealkylation sites (N-methyl/N-ethyl adjacent to an activating group) is 2. The van der Waals surface area contributed by atoms with Gasteiger partial charge in [-0.1, -0.05) is 6.08 Å². The van der Waals surface area contributed by atoms with Crippen LogP contribution in [0.4, 0.5) is 0 Å². The molecule has 92 valence electrons. The normalized spacial score (nSPS) is 9.81. The third kappa shape index (κ3) is 10.7. The summed E-state index contributed by atoms with van der Waals surface area (Å²) in [6.45, 7) is 8.36. The van der Waals surface area contributed by atoms with Gasteiger partial charge >= 0.3 is 0 Å². The van der Waals surface area contributed by atoms with Gasteiger partial charge in [-0.05, 0) is 21.0 Å². The van der Waals surface area contributed by atoms with Crippen LogP contribution in [0.1, 0.15) is 6.92 Å². The minimum absolute atomic E-state index is 0.0122. The molecule has 4 nitrogen and oxygen atoms in total. The van der Waals surface area contributed by atoms with Gasteiger partial charge in [-0.15, -0.1) is 13.2 Å². The van der Waals surface area contributed by atoms with Crippen LogP contribution in [0.2, 0.25) is 0 Å². The number of carbonyl (C=O) groups is 2. The molecule has 4 heteroatoms. The van der Waals surface area contributed by atoms with Crippen LogP contribution in [-0.2, 0) is 9.59 Å². The Bertz CT molecular complexity index is 247. The third-order valence-corrected chi connectivity index (χ3v) is 1.57. The topological polar surface area (TPSA) is 40.6 Å². The van der Waals surface area contributed by atoms with Gasteiger partial charge in [0.1, 0.15) is 5.78 Å². The van der Waals surface area contributed by atoms with Crippen molar-refractivity contribution in [3.05, 3.63) is 25.3 Å².